The zero-order valence-corrected chi connectivity index (χ0v) is 21.7. The van der Waals surface area contributed by atoms with Gasteiger partial charge in [-0.3, -0.25) is 0 Å². The van der Waals surface area contributed by atoms with Crippen LogP contribution in [-0.4, -0.2) is 17.2 Å². The minimum absolute atomic E-state index is 0.262. The van der Waals surface area contributed by atoms with Crippen LogP contribution in [0.25, 0.3) is 0 Å². The predicted molar refractivity (Wildman–Crippen MR) is 147 cm³/mol. The van der Waals surface area contributed by atoms with Gasteiger partial charge in [0.2, 0.25) is 0 Å². The maximum Gasteiger partial charge on any atom is 0.492 e. The topological polar surface area (TPSA) is 58.9 Å². The van der Waals surface area contributed by atoms with Gasteiger partial charge in [0.05, 0.1) is 3.57 Å². The van der Waals surface area contributed by atoms with E-state index in [1.54, 1.807) is 12.1 Å². The lowest BCUT2D eigenvalue weighted by atomic mass is 9.79. The number of hydrogen-bond acceptors (Lipinski definition) is 4. The van der Waals surface area contributed by atoms with Crippen LogP contribution in [0.1, 0.15) is 11.1 Å². The van der Waals surface area contributed by atoms with Crippen molar-refractivity contribution in [1.82, 2.24) is 0 Å². The van der Waals surface area contributed by atoms with Gasteiger partial charge in [-0.25, -0.2) is 0 Å². The summed E-state index contributed by atoms with van der Waals surface area (Å²) in [6.07, 6.45) is 0. The molecule has 4 nitrogen and oxygen atoms in total. The van der Waals surface area contributed by atoms with Gasteiger partial charge >= 0.3 is 7.12 Å². The Bertz CT molecular complexity index is 1180. The average Bonchev–Trinajstić information content (AvgIpc) is 2.84. The fourth-order valence-corrected chi connectivity index (χ4v) is 4.12. The van der Waals surface area contributed by atoms with Gasteiger partial charge in [0, 0.05) is 15.5 Å². The van der Waals surface area contributed by atoms with Crippen LogP contribution in [0, 0.1) is 3.57 Å². The van der Waals surface area contributed by atoms with Gasteiger partial charge in [0.25, 0.3) is 0 Å². The van der Waals surface area contributed by atoms with E-state index in [1.807, 2.05) is 78.9 Å². The van der Waals surface area contributed by atoms with Gasteiger partial charge in [-0.05, 0) is 70.1 Å². The zero-order chi connectivity index (χ0) is 24.3. The highest BCUT2D eigenvalue weighted by atomic mass is 127. The Morgan fingerprint density at radius 2 is 1.12 bits per heavy atom. The Labute approximate surface area is 223 Å². The second kappa shape index (κ2) is 13.6. The van der Waals surface area contributed by atoms with Crippen molar-refractivity contribution in [3.63, 3.8) is 0 Å². The molecular weight excluding hydrogens is 585 g/mol. The quantitative estimate of drug-likeness (QED) is 0.197. The highest BCUT2D eigenvalue weighted by Gasteiger charge is 2.17. The monoisotopic (exact) mass is 606 g/mol. The second-order valence-electron chi connectivity index (χ2n) is 7.18. The molecule has 4 aromatic rings. The molecule has 34 heavy (non-hydrogen) atoms. The van der Waals surface area contributed by atoms with Crippen molar-refractivity contribution < 1.29 is 19.5 Å². The molecule has 0 heterocycles. The van der Waals surface area contributed by atoms with Crippen LogP contribution in [0.5, 0.6) is 11.5 Å². The molecule has 0 aliphatic carbocycles. The first-order chi connectivity index (χ1) is 16.4. The number of rotatable bonds is 7. The molecule has 0 bridgehead atoms. The molecule has 0 amide bonds. The van der Waals surface area contributed by atoms with Gasteiger partial charge in [-0.2, -0.15) is 0 Å². The maximum absolute atomic E-state index is 9.24. The van der Waals surface area contributed by atoms with E-state index < -0.39 is 7.12 Å². The molecule has 0 spiro atoms. The Morgan fingerprint density at radius 1 is 0.647 bits per heavy atom. The Hall–Kier alpha value is -2.23. The molecule has 4 rings (SSSR count). The maximum atomic E-state index is 9.24. The molecule has 0 saturated carbocycles. The summed E-state index contributed by atoms with van der Waals surface area (Å²) in [5.41, 5.74) is 2.43. The van der Waals surface area contributed by atoms with Crippen LogP contribution in [0.2, 0.25) is 10.0 Å². The van der Waals surface area contributed by atoms with Crippen LogP contribution in [0.15, 0.2) is 97.1 Å². The summed E-state index contributed by atoms with van der Waals surface area (Å²) in [5, 5.41) is 19.7. The molecule has 0 unspecified atom stereocenters. The van der Waals surface area contributed by atoms with Crippen molar-refractivity contribution in [3.8, 4) is 11.5 Å². The molecule has 0 radical (unpaired) electrons. The third-order valence-corrected chi connectivity index (χ3v) is 5.93. The molecule has 2 N–H and O–H groups in total. The molecule has 0 fully saturated rings. The lowest BCUT2D eigenvalue weighted by Crippen LogP contribution is -2.31. The summed E-state index contributed by atoms with van der Waals surface area (Å²) < 4.78 is 12.3. The Kier molecular flexibility index (Phi) is 10.6. The minimum Gasteiger partial charge on any atom is -0.489 e. The van der Waals surface area contributed by atoms with Crippen LogP contribution < -0.4 is 14.9 Å². The highest BCUT2D eigenvalue weighted by molar-refractivity contribution is 14.1. The molecule has 4 aromatic carbocycles. The van der Waals surface area contributed by atoms with Crippen LogP contribution in [0.3, 0.4) is 0 Å². The molecule has 8 heteroatoms. The van der Waals surface area contributed by atoms with Crippen molar-refractivity contribution in [2.75, 3.05) is 0 Å². The summed E-state index contributed by atoms with van der Waals surface area (Å²) in [6, 6.07) is 30.1. The third-order valence-electron chi connectivity index (χ3n) is 4.62. The number of benzene rings is 4. The van der Waals surface area contributed by atoms with Gasteiger partial charge < -0.3 is 19.5 Å². The molecule has 0 saturated heterocycles. The zero-order valence-electron chi connectivity index (χ0n) is 18.1. The first-order valence-electron chi connectivity index (χ1n) is 10.4. The second-order valence-corrected chi connectivity index (χ2v) is 9.21. The standard InChI is InChI=1S/C13H12BClO3.C13H10ClIO/c15-11-6-7-13(12(8-11)14(16)17)18-9-10-4-2-1-3-5-10;14-11-6-7-13(12(15)8-11)16-9-10-4-2-1-3-5-10/h1-8,16-17H,9H2;1-8H,9H2. The molecule has 0 aliphatic rings. The lowest BCUT2D eigenvalue weighted by molar-refractivity contribution is 0.304. The summed E-state index contributed by atoms with van der Waals surface area (Å²) in [6.45, 7) is 0.945. The van der Waals surface area contributed by atoms with E-state index in [9.17, 15) is 10.0 Å². The summed E-state index contributed by atoms with van der Waals surface area (Å²) >= 11 is 13.9. The smallest absolute Gasteiger partial charge is 0.489 e. The van der Waals surface area contributed by atoms with Crippen molar-refractivity contribution in [1.29, 1.82) is 0 Å². The SMILES string of the molecule is Clc1ccc(OCc2ccccc2)c(I)c1.OB(O)c1cc(Cl)ccc1OCc1ccccc1. The number of halogens is 3. The fourth-order valence-electron chi connectivity index (χ4n) is 2.92. The number of ether oxygens (including phenoxy) is 2. The molecule has 174 valence electrons. The lowest BCUT2D eigenvalue weighted by Gasteiger charge is -2.11. The highest BCUT2D eigenvalue weighted by Crippen LogP contribution is 2.25. The van der Waals surface area contributed by atoms with Gasteiger partial charge in [-0.1, -0.05) is 83.9 Å². The Morgan fingerprint density at radius 3 is 1.62 bits per heavy atom. The van der Waals surface area contributed by atoms with E-state index in [0.29, 0.717) is 24.0 Å². The van der Waals surface area contributed by atoms with Crippen molar-refractivity contribution >= 4 is 58.4 Å². The van der Waals surface area contributed by atoms with E-state index in [2.05, 4.69) is 22.6 Å². The predicted octanol–water partition coefficient (Wildman–Crippen LogP) is 6.12. The normalized spacial score (nSPS) is 10.1. The van der Waals surface area contributed by atoms with Gasteiger partial charge in [0.15, 0.2) is 0 Å². The number of hydrogen-bond donors (Lipinski definition) is 2. The van der Waals surface area contributed by atoms with Crippen LogP contribution in [0.4, 0.5) is 0 Å². The first-order valence-corrected chi connectivity index (χ1v) is 12.2. The molecular formula is C26H22BCl2IO4. The molecule has 0 atom stereocenters. The van der Waals surface area contributed by atoms with E-state index in [1.165, 1.54) is 6.07 Å². The van der Waals surface area contributed by atoms with Crippen molar-refractivity contribution in [3.05, 3.63) is 122 Å². The Balaban J connectivity index is 0.000000192. The van der Waals surface area contributed by atoms with Crippen LogP contribution >= 0.6 is 45.8 Å². The fraction of sp³-hybridized carbons (Fsp3) is 0.0769. The average molecular weight is 607 g/mol. The van der Waals surface area contributed by atoms with Gasteiger partial charge in [-0.15, -0.1) is 0 Å². The minimum atomic E-state index is -1.60. The first kappa shape index (κ1) is 26.4. The largest absolute Gasteiger partial charge is 0.492 e. The summed E-state index contributed by atoms with van der Waals surface area (Å²) in [4.78, 5) is 0. The van der Waals surface area contributed by atoms with E-state index >= 15 is 0 Å². The van der Waals surface area contributed by atoms with Crippen LogP contribution in [-0.2, 0) is 13.2 Å². The van der Waals surface area contributed by atoms with E-state index in [0.717, 1.165) is 25.5 Å². The molecule has 0 aliphatic heterocycles. The van der Waals surface area contributed by atoms with E-state index in [-0.39, 0.29) is 5.46 Å². The van der Waals surface area contributed by atoms with Gasteiger partial charge in [0.1, 0.15) is 24.7 Å². The molecule has 0 aromatic heterocycles. The third kappa shape index (κ3) is 8.53. The summed E-state index contributed by atoms with van der Waals surface area (Å²) in [5.74, 6) is 1.28. The summed E-state index contributed by atoms with van der Waals surface area (Å²) in [7, 11) is -1.60. The van der Waals surface area contributed by atoms with Crippen molar-refractivity contribution in [2.24, 2.45) is 0 Å². The van der Waals surface area contributed by atoms with Crippen molar-refractivity contribution in [2.45, 2.75) is 13.2 Å². The van der Waals surface area contributed by atoms with E-state index in [4.69, 9.17) is 32.7 Å².